The van der Waals surface area contributed by atoms with Gasteiger partial charge < -0.3 is 31.0 Å². The summed E-state index contributed by atoms with van der Waals surface area (Å²) in [7, 11) is -4.62. The van der Waals surface area contributed by atoms with Crippen molar-refractivity contribution in [2.24, 2.45) is 0 Å². The smallest absolute Gasteiger partial charge is 0.387 e. The van der Waals surface area contributed by atoms with Crippen LogP contribution in [0, 0.1) is 0 Å². The lowest BCUT2D eigenvalue weighted by Crippen LogP contribution is -2.45. The first-order valence-electron chi connectivity index (χ1n) is 42.0. The van der Waals surface area contributed by atoms with E-state index in [1.807, 2.05) is 20.8 Å². The highest BCUT2D eigenvalue weighted by atomic mass is 31.1. The predicted octanol–water partition coefficient (Wildman–Crippen LogP) is 22.4. The molecule has 16 aromatic carbocycles. The number of benzene rings is 16. The molecule has 2 aliphatic rings. The van der Waals surface area contributed by atoms with Crippen LogP contribution in [0.2, 0.25) is 0 Å². The number of para-hydroxylation sites is 4. The van der Waals surface area contributed by atoms with Crippen LogP contribution in [0.4, 0.5) is 0 Å². The Hall–Kier alpha value is -12.0. The van der Waals surface area contributed by atoms with Crippen LogP contribution < -0.4 is 29.8 Å². The van der Waals surface area contributed by atoms with Crippen molar-refractivity contribution < 1.29 is 40.0 Å². The summed E-state index contributed by atoms with van der Waals surface area (Å²) < 4.78 is 68.5. The van der Waals surface area contributed by atoms with E-state index >= 15 is 0 Å². The minimum Gasteiger partial charge on any atom is -0.399 e. The van der Waals surface area contributed by atoms with Gasteiger partial charge >= 0.3 is 16.5 Å². The van der Waals surface area contributed by atoms with Gasteiger partial charge in [-0.2, -0.15) is 0 Å². The Labute approximate surface area is 734 Å². The Morgan fingerprint density at radius 1 is 0.266 bits per heavy atom. The van der Waals surface area contributed by atoms with E-state index in [1.165, 1.54) is 0 Å². The first-order chi connectivity index (χ1) is 61.1. The molecule has 124 heavy (non-hydrogen) atoms. The van der Waals surface area contributed by atoms with Crippen LogP contribution in [0.5, 0.6) is 0 Å². The third kappa shape index (κ3) is 15.1. The fourth-order valence-electron chi connectivity index (χ4n) is 18.4. The SMILES string of the molecule is CC(Op1oc2c([Si]C(c3ccccc3)(c3ccccc3)c3ccccc3)cccc2c2cccc([Si]C(c3ccccc3)(c3ccccc3)c3ccccc3)c2o1)C1OC2OC(C)(C)OC2C1Op1oc2c([Si]C(c3ccccc3)(c3ccccc3)c3ccccc3)cccc2c2cccc([Si]C(c3ccccc3)(c3ccccc3)c3ccccc3)c2o1. The van der Waals surface area contributed by atoms with Gasteiger partial charge in [-0.25, -0.2) is 0 Å². The van der Waals surface area contributed by atoms with Crippen molar-refractivity contribution in [2.75, 3.05) is 0 Å². The molecule has 2 saturated heterocycles. The number of fused-ring (bicyclic) bond motifs is 7. The molecule has 2 fully saturated rings. The predicted molar refractivity (Wildman–Crippen MR) is 506 cm³/mol. The first kappa shape index (κ1) is 80.4. The summed E-state index contributed by atoms with van der Waals surface area (Å²) >= 11 is 0. The van der Waals surface area contributed by atoms with Crippen LogP contribution in [0.25, 0.3) is 43.9 Å². The maximum absolute atomic E-state index is 7.94. The number of hydrogen-bond donors (Lipinski definition) is 0. The van der Waals surface area contributed by atoms with E-state index < -0.39 is 73.1 Å². The van der Waals surface area contributed by atoms with Crippen molar-refractivity contribution in [3.8, 4) is 0 Å². The molecule has 0 bridgehead atoms. The number of hydrogen-bond acceptors (Lipinski definition) is 9. The quantitative estimate of drug-likeness (QED) is 0.0409. The molecule has 5 atom stereocenters. The topological polar surface area (TPSA) is 98.7 Å². The van der Waals surface area contributed by atoms with Crippen molar-refractivity contribution in [1.82, 2.24) is 0 Å². The van der Waals surface area contributed by atoms with Gasteiger partial charge in [-0.1, -0.05) is 437 Å². The zero-order valence-electron chi connectivity index (χ0n) is 68.5. The van der Waals surface area contributed by atoms with Crippen LogP contribution in [0.3, 0.4) is 0 Å². The molecule has 18 aromatic rings. The van der Waals surface area contributed by atoms with Crippen molar-refractivity contribution in [1.29, 1.82) is 0 Å². The minimum atomic E-state index is -2.49. The van der Waals surface area contributed by atoms with Crippen molar-refractivity contribution in [2.45, 2.75) is 77.4 Å². The van der Waals surface area contributed by atoms with E-state index in [-0.39, 0.29) is 38.1 Å². The molecule has 4 heterocycles. The second-order valence-corrected chi connectivity index (χ2v) is 40.1. The lowest BCUT2D eigenvalue weighted by atomic mass is 9.84. The van der Waals surface area contributed by atoms with Gasteiger partial charge in [0, 0.05) is 41.7 Å². The average molecular weight is 1710 g/mol. The van der Waals surface area contributed by atoms with E-state index in [0.29, 0.717) is 22.3 Å². The molecule has 0 spiro atoms. The van der Waals surface area contributed by atoms with Crippen LogP contribution in [0.15, 0.2) is 454 Å². The lowest BCUT2D eigenvalue weighted by molar-refractivity contribution is -0.218. The summed E-state index contributed by atoms with van der Waals surface area (Å²) in [6.45, 7) is 5.85. The van der Waals surface area contributed by atoms with E-state index in [4.69, 9.17) is 40.0 Å². The van der Waals surface area contributed by atoms with Gasteiger partial charge in [0.25, 0.3) is 0 Å². The van der Waals surface area contributed by atoms with Gasteiger partial charge in [-0.3, -0.25) is 9.05 Å². The molecule has 9 nitrogen and oxygen atoms in total. The largest absolute Gasteiger partial charge is 0.399 e. The molecular formula is C109H86O9P2Si4. The van der Waals surface area contributed by atoms with Gasteiger partial charge in [0.15, 0.2) is 12.1 Å². The van der Waals surface area contributed by atoms with Crippen LogP contribution in [-0.2, 0) is 34.4 Å². The zero-order chi connectivity index (χ0) is 83.5. The molecule has 8 radical (unpaired) electrons. The molecule has 2 aliphatic heterocycles. The summed E-state index contributed by atoms with van der Waals surface area (Å²) in [5.74, 6) is -1.08. The van der Waals surface area contributed by atoms with Gasteiger partial charge in [0.1, 0.15) is 78.7 Å². The van der Waals surface area contributed by atoms with Crippen LogP contribution in [-0.4, -0.2) is 74.6 Å². The van der Waals surface area contributed by atoms with Gasteiger partial charge in [0.05, 0.1) is 6.10 Å². The monoisotopic (exact) mass is 1710 g/mol. The van der Waals surface area contributed by atoms with Crippen molar-refractivity contribution in [3.63, 3.8) is 0 Å². The number of rotatable bonds is 25. The molecule has 0 amide bonds. The van der Waals surface area contributed by atoms with Crippen LogP contribution >= 0.6 is 16.5 Å². The molecule has 5 unspecified atom stereocenters. The molecule has 0 saturated carbocycles. The third-order valence-corrected chi connectivity index (χ3v) is 33.9. The van der Waals surface area contributed by atoms with Crippen molar-refractivity contribution >= 4 is 119 Å². The molecule has 0 N–H and O–H groups in total. The Kier molecular flexibility index (Phi) is 22.7. The summed E-state index contributed by atoms with van der Waals surface area (Å²) in [6.07, 6.45) is -4.46. The average Bonchev–Trinajstić information content (AvgIpc) is 1.25. The highest BCUT2D eigenvalue weighted by Gasteiger charge is 2.58. The van der Waals surface area contributed by atoms with E-state index in [0.717, 1.165) is 109 Å². The molecular weight excluding hydrogens is 1630 g/mol. The summed E-state index contributed by atoms with van der Waals surface area (Å²) in [5.41, 5.74) is 16.4. The van der Waals surface area contributed by atoms with Gasteiger partial charge in [-0.15, -0.1) is 0 Å². The van der Waals surface area contributed by atoms with E-state index in [9.17, 15) is 0 Å². The highest BCUT2D eigenvalue weighted by Crippen LogP contribution is 2.49. The Balaban J connectivity index is 0.795. The van der Waals surface area contributed by atoms with Crippen molar-refractivity contribution in [3.05, 3.63) is 504 Å². The summed E-state index contributed by atoms with van der Waals surface area (Å²) in [6, 6.07) is 157. The van der Waals surface area contributed by atoms with Crippen LogP contribution in [0.1, 0.15) is 87.5 Å². The highest BCUT2D eigenvalue weighted by molar-refractivity contribution is 7.32. The van der Waals surface area contributed by atoms with Gasteiger partial charge in [-0.05, 0) is 108 Å². The van der Waals surface area contributed by atoms with Gasteiger partial charge in [0.2, 0.25) is 0 Å². The normalized spacial score (nSPS) is 16.2. The van der Waals surface area contributed by atoms with E-state index in [1.54, 1.807) is 0 Å². The minimum absolute atomic E-state index is 0.0696. The maximum atomic E-state index is 7.94. The fourth-order valence-corrected chi connectivity index (χ4v) is 28.5. The molecule has 15 heteroatoms. The maximum Gasteiger partial charge on any atom is 0.387 e. The standard InChI is InChI=1S/C109H86O9P2Si4/c1-76(113-119-114-98-89(68-40-72-93(98)121-106(77-44-16-4-17-45-77,78-46-18-5-19-47-78)79-48-20-6-21-49-79)90-69-41-73-94(99(90)115-119)122-107(80-50-22-7-23-51-80,81-52-24-8-25-53-81)82-54-26-9-27-55-82)97-102(103-104(110-97)112-105(2,3)111-103)118-120-116-100-91(70-42-74-95(100)123-108(83-56-28-10-29-57-83,84-58-30-11-31-59-84)85-60-32-12-33-61-85)92-71-43-75-96(101(92)117-120)124-109(86-62-34-13-35-63-86,87-64-36-14-37-65-87)88-66-38-15-39-67-88/h4-76,97,102-104H,1-3H3. The summed E-state index contributed by atoms with van der Waals surface area (Å²) in [4.78, 5) is 0. The third-order valence-electron chi connectivity index (χ3n) is 24.0. The second kappa shape index (κ2) is 35.0. The Bertz CT molecular complexity index is 6030. The number of ether oxygens (including phenoxy) is 3. The first-order valence-corrected chi connectivity index (χ1v) is 48.2. The molecule has 2 aromatic heterocycles. The lowest BCUT2D eigenvalue weighted by Gasteiger charge is -2.36. The zero-order valence-corrected chi connectivity index (χ0v) is 74.3. The van der Waals surface area contributed by atoms with E-state index in [2.05, 4.69) is 437 Å². The Morgan fingerprint density at radius 2 is 0.476 bits per heavy atom. The molecule has 602 valence electrons. The fraction of sp³-hybridized carbons (Fsp3) is 0.119. The Morgan fingerprint density at radius 3 is 0.694 bits per heavy atom. The summed E-state index contributed by atoms with van der Waals surface area (Å²) in [5, 5.41) is 4.65. The molecule has 20 rings (SSSR count). The second-order valence-electron chi connectivity index (χ2n) is 31.9. The molecule has 0 aliphatic carbocycles.